The molecule has 7 nitrogen and oxygen atoms in total. The van der Waals surface area contributed by atoms with Crippen LogP contribution >= 0.6 is 0 Å². The van der Waals surface area contributed by atoms with E-state index in [0.717, 1.165) is 22.1 Å². The number of phenols is 1. The number of amides is 1. The quantitative estimate of drug-likeness (QED) is 0.205. The van der Waals surface area contributed by atoms with Gasteiger partial charge in [-0.15, -0.1) is 0 Å². The Labute approximate surface area is 236 Å². The van der Waals surface area contributed by atoms with Crippen molar-refractivity contribution in [2.24, 2.45) is 0 Å². The maximum Gasteiger partial charge on any atom is 0.416 e. The number of hydrogen-bond acceptors (Lipinski definition) is 5. The van der Waals surface area contributed by atoms with Crippen LogP contribution in [-0.2, 0) is 21.3 Å². The van der Waals surface area contributed by atoms with Crippen molar-refractivity contribution >= 4 is 23.3 Å². The minimum atomic E-state index is -4.90. The Morgan fingerprint density at radius 3 is 2.40 bits per heavy atom. The Bertz CT molecular complexity index is 1680. The summed E-state index contributed by atoms with van der Waals surface area (Å²) in [5.74, 6) is -5.01. The predicted octanol–water partition coefficient (Wildman–Crippen LogP) is 6.14. The maximum absolute atomic E-state index is 15.5. The first-order valence-corrected chi connectivity index (χ1v) is 12.7. The molecule has 2 aliphatic rings. The molecule has 0 saturated heterocycles. The number of para-hydroxylation sites is 1. The Kier molecular flexibility index (Phi) is 7.15. The van der Waals surface area contributed by atoms with Crippen molar-refractivity contribution in [2.75, 3.05) is 4.90 Å². The fraction of sp³-hybridized carbons (Fsp3) is 0.200. The van der Waals surface area contributed by atoms with E-state index in [-0.39, 0.29) is 28.3 Å². The highest BCUT2D eigenvalue weighted by atomic mass is 19.4. The Balaban J connectivity index is 1.61. The summed E-state index contributed by atoms with van der Waals surface area (Å²) in [7, 11) is 0. The fourth-order valence-corrected chi connectivity index (χ4v) is 5.18. The van der Waals surface area contributed by atoms with Crippen LogP contribution in [-0.4, -0.2) is 22.1 Å². The average Bonchev–Trinajstić information content (AvgIpc) is 3.21. The van der Waals surface area contributed by atoms with Gasteiger partial charge in [0.25, 0.3) is 5.91 Å². The van der Waals surface area contributed by atoms with Crippen LogP contribution < -0.4 is 15.8 Å². The van der Waals surface area contributed by atoms with Crippen LogP contribution in [0.4, 0.5) is 33.3 Å². The van der Waals surface area contributed by atoms with E-state index in [4.69, 9.17) is 0 Å². The second-order valence-electron chi connectivity index (χ2n) is 10.2. The number of allylic oxidation sites excluding steroid dienone is 2. The van der Waals surface area contributed by atoms with Gasteiger partial charge in [0.2, 0.25) is 0 Å². The number of aryl methyl sites for hydroxylation is 2. The fourth-order valence-electron chi connectivity index (χ4n) is 5.18. The van der Waals surface area contributed by atoms with Gasteiger partial charge in [-0.25, -0.2) is 24.4 Å². The topological polar surface area (TPSA) is 102 Å². The summed E-state index contributed by atoms with van der Waals surface area (Å²) >= 11 is 0. The summed E-state index contributed by atoms with van der Waals surface area (Å²) in [6, 6.07) is 9.99. The van der Waals surface area contributed by atoms with Gasteiger partial charge in [-0.1, -0.05) is 30.3 Å². The molecule has 2 unspecified atom stereocenters. The van der Waals surface area contributed by atoms with Crippen LogP contribution in [0.5, 0.6) is 5.75 Å². The Morgan fingerprint density at radius 1 is 1.05 bits per heavy atom. The van der Waals surface area contributed by atoms with E-state index in [1.54, 1.807) is 19.1 Å². The number of alkyl halides is 3. The SMILES string of the molecule is Cc1ccc(N2C(=O)C(NNC3(c4ccccc4O)C=CC(F)=C(C(=O)O)C3)c3c(F)cc(C(F)(F)F)cc32)cc1C. The van der Waals surface area contributed by atoms with E-state index in [1.165, 1.54) is 36.4 Å². The van der Waals surface area contributed by atoms with Gasteiger partial charge < -0.3 is 10.2 Å². The molecular formula is C30H24F5N3O4. The van der Waals surface area contributed by atoms with Gasteiger partial charge >= 0.3 is 12.1 Å². The van der Waals surface area contributed by atoms with Crippen molar-refractivity contribution in [1.82, 2.24) is 10.9 Å². The van der Waals surface area contributed by atoms with Crippen LogP contribution in [0, 0.1) is 19.7 Å². The number of nitrogens with one attached hydrogen (secondary N) is 2. The molecule has 218 valence electrons. The van der Waals surface area contributed by atoms with Crippen molar-refractivity contribution in [3.63, 3.8) is 0 Å². The lowest BCUT2D eigenvalue weighted by atomic mass is 9.80. The number of halogens is 5. The van der Waals surface area contributed by atoms with Crippen LogP contribution in [0.3, 0.4) is 0 Å². The molecule has 1 aliphatic heterocycles. The van der Waals surface area contributed by atoms with Gasteiger partial charge in [0, 0.05) is 23.2 Å². The third-order valence-corrected chi connectivity index (χ3v) is 7.52. The molecule has 0 bridgehead atoms. The van der Waals surface area contributed by atoms with E-state index in [0.29, 0.717) is 12.1 Å². The molecule has 0 radical (unpaired) electrons. The normalized spacial score (nSPS) is 20.3. The Hall–Kier alpha value is -4.55. The first kappa shape index (κ1) is 29.0. The number of carbonyl (C=O) groups excluding carboxylic acids is 1. The molecule has 0 aromatic heterocycles. The molecule has 3 aromatic carbocycles. The number of carboxylic acid groups (broad SMARTS) is 1. The highest BCUT2D eigenvalue weighted by molar-refractivity contribution is 6.10. The molecule has 3 aromatic rings. The molecule has 4 N–H and O–H groups in total. The van der Waals surface area contributed by atoms with Crippen molar-refractivity contribution in [3.05, 3.63) is 112 Å². The monoisotopic (exact) mass is 585 g/mol. The van der Waals surface area contributed by atoms with Crippen LogP contribution in [0.15, 0.2) is 78.1 Å². The highest BCUT2D eigenvalue weighted by Gasteiger charge is 2.45. The molecule has 5 rings (SSSR count). The van der Waals surface area contributed by atoms with Gasteiger partial charge in [0.1, 0.15) is 23.4 Å². The van der Waals surface area contributed by atoms with Crippen LogP contribution in [0.2, 0.25) is 0 Å². The number of benzene rings is 3. The van der Waals surface area contributed by atoms with E-state index in [1.807, 2.05) is 6.92 Å². The molecule has 12 heteroatoms. The molecule has 1 heterocycles. The smallest absolute Gasteiger partial charge is 0.416 e. The molecule has 0 spiro atoms. The molecule has 1 aliphatic carbocycles. The Morgan fingerprint density at radius 2 is 1.76 bits per heavy atom. The molecule has 1 amide bonds. The first-order chi connectivity index (χ1) is 19.7. The number of phenolic OH excluding ortho intramolecular Hbond substituents is 1. The van der Waals surface area contributed by atoms with E-state index in [2.05, 4.69) is 10.9 Å². The lowest BCUT2D eigenvalue weighted by molar-refractivity contribution is -0.137. The number of carbonyl (C=O) groups is 2. The highest BCUT2D eigenvalue weighted by Crippen LogP contribution is 2.46. The van der Waals surface area contributed by atoms with Crippen molar-refractivity contribution < 1.29 is 41.8 Å². The third-order valence-electron chi connectivity index (χ3n) is 7.52. The minimum absolute atomic E-state index is 0.101. The second kappa shape index (κ2) is 10.4. The summed E-state index contributed by atoms with van der Waals surface area (Å²) in [6.07, 6.45) is -3.32. The van der Waals surface area contributed by atoms with E-state index in [9.17, 15) is 37.4 Å². The molecule has 2 atom stereocenters. The second-order valence-corrected chi connectivity index (χ2v) is 10.2. The number of anilines is 2. The molecule has 42 heavy (non-hydrogen) atoms. The zero-order valence-electron chi connectivity index (χ0n) is 22.2. The number of nitrogens with zero attached hydrogens (tertiary/aromatic N) is 1. The van der Waals surface area contributed by atoms with Gasteiger partial charge in [0.15, 0.2) is 0 Å². The van der Waals surface area contributed by atoms with Crippen LogP contribution in [0.25, 0.3) is 0 Å². The summed E-state index contributed by atoms with van der Waals surface area (Å²) in [5, 5.41) is 20.2. The minimum Gasteiger partial charge on any atom is -0.508 e. The first-order valence-electron chi connectivity index (χ1n) is 12.7. The number of fused-ring (bicyclic) bond motifs is 1. The molecular weight excluding hydrogens is 561 g/mol. The number of rotatable bonds is 6. The molecule has 0 saturated carbocycles. The lowest BCUT2D eigenvalue weighted by Crippen LogP contribution is -2.52. The number of aromatic hydroxyl groups is 1. The van der Waals surface area contributed by atoms with Crippen molar-refractivity contribution in [3.8, 4) is 5.75 Å². The summed E-state index contributed by atoms with van der Waals surface area (Å²) in [4.78, 5) is 26.6. The third kappa shape index (κ3) is 4.92. The van der Waals surface area contributed by atoms with E-state index >= 15 is 4.39 Å². The predicted molar refractivity (Wildman–Crippen MR) is 143 cm³/mol. The average molecular weight is 586 g/mol. The van der Waals surface area contributed by atoms with Gasteiger partial charge in [0.05, 0.1) is 22.4 Å². The van der Waals surface area contributed by atoms with Crippen molar-refractivity contribution in [1.29, 1.82) is 0 Å². The van der Waals surface area contributed by atoms with Gasteiger partial charge in [-0.2, -0.15) is 13.2 Å². The number of hydrazine groups is 1. The summed E-state index contributed by atoms with van der Waals surface area (Å²) < 4.78 is 70.9. The number of aliphatic carboxylic acids is 1. The number of hydrogen-bond donors (Lipinski definition) is 4. The summed E-state index contributed by atoms with van der Waals surface area (Å²) in [6.45, 7) is 3.57. The molecule has 0 fully saturated rings. The van der Waals surface area contributed by atoms with E-state index < -0.39 is 58.8 Å². The van der Waals surface area contributed by atoms with Crippen LogP contribution in [0.1, 0.15) is 40.3 Å². The maximum atomic E-state index is 15.5. The lowest BCUT2D eigenvalue weighted by Gasteiger charge is -2.36. The summed E-state index contributed by atoms with van der Waals surface area (Å²) in [5.41, 5.74) is 3.05. The largest absolute Gasteiger partial charge is 0.508 e. The number of carboxylic acids is 1. The zero-order valence-corrected chi connectivity index (χ0v) is 22.2. The van der Waals surface area contributed by atoms with Crippen molar-refractivity contribution in [2.45, 2.75) is 38.0 Å². The standard InChI is InChI=1S/C30H24F5N3O4/c1-15-7-8-18(11-16(15)2)38-23-13-17(30(33,34)35)12-22(32)25(23)26(27(38)40)36-37-29(20-5-3-4-6-24(20)39)10-9-21(31)19(14-29)28(41)42/h3-13,26,36-37,39H,14H2,1-2H3,(H,41,42). The van der Waals surface area contributed by atoms with Gasteiger partial charge in [-0.05, 0) is 61.4 Å². The van der Waals surface area contributed by atoms with Gasteiger partial charge in [-0.3, -0.25) is 9.69 Å². The zero-order chi connectivity index (χ0) is 30.6.